The Bertz CT molecular complexity index is 754. The van der Waals surface area contributed by atoms with E-state index >= 15 is 0 Å². The van der Waals surface area contributed by atoms with E-state index in [0.717, 1.165) is 0 Å². The number of nitrogens with two attached hydrogens (primary N) is 2. The van der Waals surface area contributed by atoms with E-state index in [9.17, 15) is 24.0 Å². The van der Waals surface area contributed by atoms with Crippen molar-refractivity contribution < 1.29 is 29.1 Å². The van der Waals surface area contributed by atoms with Gasteiger partial charge in [0.25, 0.3) is 0 Å². The van der Waals surface area contributed by atoms with E-state index in [1.165, 1.54) is 6.92 Å². The highest BCUT2D eigenvalue weighted by molar-refractivity contribution is 5.95. The lowest BCUT2D eigenvalue weighted by Crippen LogP contribution is -2.57. The molecule has 3 atom stereocenters. The number of benzene rings is 1. The molecule has 0 saturated heterocycles. The van der Waals surface area contributed by atoms with Crippen molar-refractivity contribution in [2.75, 3.05) is 6.54 Å². The molecule has 11 nitrogen and oxygen atoms in total. The van der Waals surface area contributed by atoms with E-state index < -0.39 is 60.7 Å². The smallest absolute Gasteiger partial charge is 0.325 e. The standard InChI is InChI=1S/C18H25N5O6/c1-10(18(28)29)21-16(26)12(7-11-5-3-2-4-6-11)23-17(27)13(8-14(20)24)22-15(25)9-19/h2-6,10,12-13H,7-9,19H2,1H3,(H2,20,24)(H,21,26)(H,22,25)(H,23,27)(H,28,29). The summed E-state index contributed by atoms with van der Waals surface area (Å²) < 4.78 is 0. The molecule has 0 aliphatic rings. The maximum Gasteiger partial charge on any atom is 0.325 e. The predicted molar refractivity (Wildman–Crippen MR) is 102 cm³/mol. The van der Waals surface area contributed by atoms with Gasteiger partial charge in [0.2, 0.25) is 23.6 Å². The molecule has 0 aromatic heterocycles. The second-order valence-electron chi connectivity index (χ2n) is 6.31. The Balaban J connectivity index is 3.01. The summed E-state index contributed by atoms with van der Waals surface area (Å²) in [5.41, 5.74) is 11.0. The molecule has 158 valence electrons. The maximum atomic E-state index is 12.6. The number of carboxylic acid groups (broad SMARTS) is 1. The number of nitrogens with one attached hydrogen (secondary N) is 3. The Morgan fingerprint density at radius 2 is 1.55 bits per heavy atom. The fourth-order valence-corrected chi connectivity index (χ4v) is 2.37. The first-order valence-electron chi connectivity index (χ1n) is 8.79. The Morgan fingerprint density at radius 3 is 2.07 bits per heavy atom. The van der Waals surface area contributed by atoms with E-state index in [4.69, 9.17) is 16.6 Å². The average Bonchev–Trinajstić information content (AvgIpc) is 2.66. The molecular formula is C18H25N5O6. The summed E-state index contributed by atoms with van der Waals surface area (Å²) >= 11 is 0. The number of amides is 4. The largest absolute Gasteiger partial charge is 0.480 e. The van der Waals surface area contributed by atoms with Crippen molar-refractivity contribution in [2.24, 2.45) is 11.5 Å². The predicted octanol–water partition coefficient (Wildman–Crippen LogP) is -2.38. The van der Waals surface area contributed by atoms with Gasteiger partial charge < -0.3 is 32.5 Å². The Kier molecular flexibility index (Phi) is 9.26. The number of hydrogen-bond donors (Lipinski definition) is 6. The minimum atomic E-state index is -1.33. The highest BCUT2D eigenvalue weighted by Crippen LogP contribution is 2.05. The van der Waals surface area contributed by atoms with E-state index in [-0.39, 0.29) is 6.42 Å². The molecule has 0 aliphatic carbocycles. The Morgan fingerprint density at radius 1 is 0.966 bits per heavy atom. The lowest BCUT2D eigenvalue weighted by atomic mass is 10.0. The third-order valence-corrected chi connectivity index (χ3v) is 3.89. The van der Waals surface area contributed by atoms with Gasteiger partial charge in [0.05, 0.1) is 13.0 Å². The van der Waals surface area contributed by atoms with Crippen molar-refractivity contribution >= 4 is 29.6 Å². The number of primary amides is 1. The highest BCUT2D eigenvalue weighted by Gasteiger charge is 2.29. The van der Waals surface area contributed by atoms with Crippen LogP contribution in [0.25, 0.3) is 0 Å². The molecule has 4 amide bonds. The van der Waals surface area contributed by atoms with Gasteiger partial charge in [0, 0.05) is 6.42 Å². The Labute approximate surface area is 167 Å². The zero-order chi connectivity index (χ0) is 22.0. The topological polar surface area (TPSA) is 194 Å². The molecule has 3 unspecified atom stereocenters. The van der Waals surface area contributed by atoms with Gasteiger partial charge in [-0.15, -0.1) is 0 Å². The van der Waals surface area contributed by atoms with Crippen LogP contribution >= 0.6 is 0 Å². The molecule has 0 spiro atoms. The van der Waals surface area contributed by atoms with E-state index in [1.54, 1.807) is 30.3 Å². The van der Waals surface area contributed by atoms with E-state index in [1.807, 2.05) is 0 Å². The van der Waals surface area contributed by atoms with Gasteiger partial charge in [-0.1, -0.05) is 30.3 Å². The van der Waals surface area contributed by atoms with Gasteiger partial charge in [-0.2, -0.15) is 0 Å². The minimum Gasteiger partial charge on any atom is -0.480 e. The molecule has 1 aromatic carbocycles. The zero-order valence-corrected chi connectivity index (χ0v) is 15.9. The molecule has 1 aromatic rings. The molecule has 1 rings (SSSR count). The summed E-state index contributed by atoms with van der Waals surface area (Å²) in [5, 5.41) is 16.0. The van der Waals surface area contributed by atoms with Crippen LogP contribution in [0, 0.1) is 0 Å². The zero-order valence-electron chi connectivity index (χ0n) is 15.9. The highest BCUT2D eigenvalue weighted by atomic mass is 16.4. The summed E-state index contributed by atoms with van der Waals surface area (Å²) in [6.45, 7) is 0.867. The molecule has 29 heavy (non-hydrogen) atoms. The van der Waals surface area contributed by atoms with Crippen molar-refractivity contribution in [1.29, 1.82) is 0 Å². The summed E-state index contributed by atoms with van der Waals surface area (Å²) in [5.74, 6) is -4.34. The van der Waals surface area contributed by atoms with Crippen molar-refractivity contribution in [1.82, 2.24) is 16.0 Å². The fraction of sp³-hybridized carbons (Fsp3) is 0.389. The number of carbonyl (C=O) groups is 5. The molecule has 0 fully saturated rings. The van der Waals surface area contributed by atoms with Crippen LogP contribution in [0.5, 0.6) is 0 Å². The minimum absolute atomic E-state index is 0.0544. The summed E-state index contributed by atoms with van der Waals surface area (Å²) in [7, 11) is 0. The van der Waals surface area contributed by atoms with Crippen LogP contribution in [0.15, 0.2) is 30.3 Å². The second kappa shape index (κ2) is 11.4. The van der Waals surface area contributed by atoms with Crippen LogP contribution in [0.2, 0.25) is 0 Å². The van der Waals surface area contributed by atoms with Crippen molar-refractivity contribution in [3.63, 3.8) is 0 Å². The summed E-state index contributed by atoms with van der Waals surface area (Å²) in [4.78, 5) is 58.9. The molecule has 0 saturated carbocycles. The Hall–Kier alpha value is -3.47. The second-order valence-corrected chi connectivity index (χ2v) is 6.31. The number of hydrogen-bond acceptors (Lipinski definition) is 6. The third kappa shape index (κ3) is 8.39. The number of aliphatic carboxylic acids is 1. The van der Waals surface area contributed by atoms with Crippen LogP contribution in [-0.4, -0.2) is 59.4 Å². The molecule has 0 radical (unpaired) electrons. The quantitative estimate of drug-likeness (QED) is 0.236. The van der Waals surface area contributed by atoms with Crippen LogP contribution in [-0.2, 0) is 30.4 Å². The molecule has 0 bridgehead atoms. The van der Waals surface area contributed by atoms with Gasteiger partial charge in [-0.05, 0) is 12.5 Å². The lowest BCUT2D eigenvalue weighted by Gasteiger charge is -2.23. The van der Waals surface area contributed by atoms with E-state index in [0.29, 0.717) is 5.56 Å². The lowest BCUT2D eigenvalue weighted by molar-refractivity contribution is -0.141. The SMILES string of the molecule is CC(NC(=O)C(Cc1ccccc1)NC(=O)C(CC(N)=O)NC(=O)CN)C(=O)O. The van der Waals surface area contributed by atoms with Gasteiger partial charge in [0.1, 0.15) is 18.1 Å². The van der Waals surface area contributed by atoms with Crippen LogP contribution in [0.4, 0.5) is 0 Å². The number of carboxylic acids is 1. The first-order chi connectivity index (χ1) is 13.6. The van der Waals surface area contributed by atoms with Crippen molar-refractivity contribution in [2.45, 2.75) is 37.9 Å². The number of rotatable bonds is 11. The molecule has 0 heterocycles. The first-order valence-corrected chi connectivity index (χ1v) is 8.79. The average molecular weight is 407 g/mol. The summed E-state index contributed by atoms with van der Waals surface area (Å²) in [6.07, 6.45) is -0.443. The molecule has 0 aliphatic heterocycles. The van der Waals surface area contributed by atoms with Gasteiger partial charge in [-0.25, -0.2) is 0 Å². The monoisotopic (exact) mass is 407 g/mol. The molecule has 11 heteroatoms. The van der Waals surface area contributed by atoms with E-state index in [2.05, 4.69) is 16.0 Å². The van der Waals surface area contributed by atoms with Gasteiger partial charge in [0.15, 0.2) is 0 Å². The van der Waals surface area contributed by atoms with Gasteiger partial charge in [-0.3, -0.25) is 24.0 Å². The normalized spacial score (nSPS) is 13.4. The van der Waals surface area contributed by atoms with Gasteiger partial charge >= 0.3 is 5.97 Å². The molecule has 8 N–H and O–H groups in total. The fourth-order valence-electron chi connectivity index (χ4n) is 2.37. The third-order valence-electron chi connectivity index (χ3n) is 3.89. The van der Waals surface area contributed by atoms with Crippen molar-refractivity contribution in [3.8, 4) is 0 Å². The first kappa shape index (κ1) is 23.6. The maximum absolute atomic E-state index is 12.6. The van der Waals surface area contributed by atoms with Crippen molar-refractivity contribution in [3.05, 3.63) is 35.9 Å². The van der Waals surface area contributed by atoms with Crippen LogP contribution < -0.4 is 27.4 Å². The molecular weight excluding hydrogens is 382 g/mol. The van der Waals surface area contributed by atoms with Crippen LogP contribution in [0.1, 0.15) is 18.9 Å². The summed E-state index contributed by atoms with van der Waals surface area (Å²) in [6, 6.07) is 5.04. The number of carbonyl (C=O) groups excluding carboxylic acids is 4. The van der Waals surface area contributed by atoms with Crippen LogP contribution in [0.3, 0.4) is 0 Å².